The Balaban J connectivity index is 2.39. The predicted octanol–water partition coefficient (Wildman–Crippen LogP) is 4.95. The van der Waals surface area contributed by atoms with Gasteiger partial charge in [-0.05, 0) is 51.4 Å². The van der Waals surface area contributed by atoms with E-state index in [0.717, 1.165) is 29.9 Å². The van der Waals surface area contributed by atoms with Gasteiger partial charge in [-0.1, -0.05) is 27.7 Å². The molecule has 2 atom stereocenters. The minimum atomic E-state index is 0.408. The van der Waals surface area contributed by atoms with Crippen LogP contribution in [0.3, 0.4) is 0 Å². The zero-order chi connectivity index (χ0) is 16.5. The van der Waals surface area contributed by atoms with Crippen LogP contribution in [0.2, 0.25) is 0 Å². The molecule has 2 N–H and O–H groups in total. The van der Waals surface area contributed by atoms with Crippen molar-refractivity contribution < 1.29 is 0 Å². The second-order valence-electron chi connectivity index (χ2n) is 7.33. The van der Waals surface area contributed by atoms with E-state index in [9.17, 15) is 0 Å². The first-order valence-corrected chi connectivity index (χ1v) is 8.72. The van der Waals surface area contributed by atoms with Crippen LogP contribution >= 0.6 is 0 Å². The molecule has 1 rings (SSSR count). The van der Waals surface area contributed by atoms with Gasteiger partial charge in [0, 0.05) is 12.1 Å². The van der Waals surface area contributed by atoms with Crippen LogP contribution < -0.4 is 10.6 Å². The summed E-state index contributed by atoms with van der Waals surface area (Å²) in [6, 6.07) is 0.862. The van der Waals surface area contributed by atoms with E-state index in [0.29, 0.717) is 12.1 Å². The molecule has 0 aliphatic rings. The van der Waals surface area contributed by atoms with Crippen molar-refractivity contribution in [2.24, 2.45) is 11.8 Å². The van der Waals surface area contributed by atoms with E-state index in [4.69, 9.17) is 0 Å². The highest BCUT2D eigenvalue weighted by molar-refractivity contribution is 5.42. The summed E-state index contributed by atoms with van der Waals surface area (Å²) in [4.78, 5) is 8.82. The smallest absolute Gasteiger partial charge is 0.222 e. The number of hydrogen-bond donors (Lipinski definition) is 2. The fraction of sp³-hybridized carbons (Fsp3) is 0.778. The summed E-state index contributed by atoms with van der Waals surface area (Å²) in [5, 5.41) is 6.83. The summed E-state index contributed by atoms with van der Waals surface area (Å²) >= 11 is 0. The van der Waals surface area contributed by atoms with Crippen molar-refractivity contribution >= 4 is 11.6 Å². The highest BCUT2D eigenvalue weighted by Crippen LogP contribution is 2.14. The second kappa shape index (κ2) is 9.65. The van der Waals surface area contributed by atoms with Gasteiger partial charge in [-0.3, -0.25) is 0 Å². The lowest BCUT2D eigenvalue weighted by Crippen LogP contribution is -2.19. The zero-order valence-corrected chi connectivity index (χ0v) is 15.2. The lowest BCUT2D eigenvalue weighted by molar-refractivity contribution is 0.526. The third-order valence-corrected chi connectivity index (χ3v) is 3.79. The molecule has 1 aromatic heterocycles. The van der Waals surface area contributed by atoms with Crippen LogP contribution in [0.5, 0.6) is 0 Å². The SMILES string of the molecule is CC(C)CCC(C)Nc1cnc(NC(C)CCC(C)C)nc1. The third kappa shape index (κ3) is 8.20. The molecule has 0 aromatic carbocycles. The zero-order valence-electron chi connectivity index (χ0n) is 15.2. The van der Waals surface area contributed by atoms with Crippen molar-refractivity contribution in [2.75, 3.05) is 10.6 Å². The van der Waals surface area contributed by atoms with Gasteiger partial charge in [-0.2, -0.15) is 0 Å². The Hall–Kier alpha value is -1.32. The van der Waals surface area contributed by atoms with Crippen molar-refractivity contribution in [3.8, 4) is 0 Å². The van der Waals surface area contributed by atoms with Crippen molar-refractivity contribution in [1.82, 2.24) is 9.97 Å². The number of hydrogen-bond acceptors (Lipinski definition) is 4. The van der Waals surface area contributed by atoms with Crippen molar-refractivity contribution in [3.05, 3.63) is 12.4 Å². The van der Waals surface area contributed by atoms with Crippen molar-refractivity contribution in [2.45, 2.75) is 79.3 Å². The maximum absolute atomic E-state index is 4.41. The summed E-state index contributed by atoms with van der Waals surface area (Å²) in [6.45, 7) is 13.4. The molecule has 0 saturated heterocycles. The summed E-state index contributed by atoms with van der Waals surface area (Å²) in [6.07, 6.45) is 8.52. The van der Waals surface area contributed by atoms with Crippen LogP contribution in [0.1, 0.15) is 67.2 Å². The predicted molar refractivity (Wildman–Crippen MR) is 96.3 cm³/mol. The number of rotatable bonds is 10. The van der Waals surface area contributed by atoms with Crippen LogP contribution in [-0.2, 0) is 0 Å². The molecule has 126 valence electrons. The normalized spacial score (nSPS) is 14.2. The average Bonchev–Trinajstić information content (AvgIpc) is 2.45. The van der Waals surface area contributed by atoms with E-state index >= 15 is 0 Å². The highest BCUT2D eigenvalue weighted by Gasteiger charge is 2.07. The lowest BCUT2D eigenvalue weighted by atomic mass is 10.0. The average molecular weight is 306 g/mol. The van der Waals surface area contributed by atoms with E-state index in [-0.39, 0.29) is 0 Å². The molecule has 0 amide bonds. The molecule has 0 spiro atoms. The highest BCUT2D eigenvalue weighted by atomic mass is 15.1. The van der Waals surface area contributed by atoms with Gasteiger partial charge in [0.1, 0.15) is 0 Å². The number of anilines is 2. The molecular formula is C18H34N4. The summed E-state index contributed by atoms with van der Waals surface area (Å²) in [5.74, 6) is 2.21. The topological polar surface area (TPSA) is 49.8 Å². The fourth-order valence-electron chi connectivity index (χ4n) is 2.29. The molecule has 0 aliphatic heterocycles. The first kappa shape index (κ1) is 18.7. The van der Waals surface area contributed by atoms with Gasteiger partial charge >= 0.3 is 0 Å². The molecule has 0 aliphatic carbocycles. The Kier molecular flexibility index (Phi) is 8.21. The van der Waals surface area contributed by atoms with Crippen molar-refractivity contribution in [3.63, 3.8) is 0 Å². The molecule has 1 aromatic rings. The van der Waals surface area contributed by atoms with Crippen LogP contribution in [0.25, 0.3) is 0 Å². The Labute approximate surface area is 136 Å². The maximum atomic E-state index is 4.41. The van der Waals surface area contributed by atoms with Gasteiger partial charge in [0.05, 0.1) is 18.1 Å². The molecule has 2 unspecified atom stereocenters. The van der Waals surface area contributed by atoms with Gasteiger partial charge in [-0.25, -0.2) is 9.97 Å². The van der Waals surface area contributed by atoms with Gasteiger partial charge < -0.3 is 10.6 Å². The number of nitrogens with one attached hydrogen (secondary N) is 2. The van der Waals surface area contributed by atoms with Gasteiger partial charge in [-0.15, -0.1) is 0 Å². The minimum Gasteiger partial charge on any atom is -0.380 e. The maximum Gasteiger partial charge on any atom is 0.222 e. The molecule has 4 heteroatoms. The van der Waals surface area contributed by atoms with Crippen LogP contribution in [0, 0.1) is 11.8 Å². The monoisotopic (exact) mass is 306 g/mol. The first-order valence-electron chi connectivity index (χ1n) is 8.72. The van der Waals surface area contributed by atoms with Crippen LogP contribution in [0.4, 0.5) is 11.6 Å². The molecular weight excluding hydrogens is 272 g/mol. The largest absolute Gasteiger partial charge is 0.380 e. The van der Waals surface area contributed by atoms with Crippen LogP contribution in [0.15, 0.2) is 12.4 Å². The third-order valence-electron chi connectivity index (χ3n) is 3.79. The fourth-order valence-corrected chi connectivity index (χ4v) is 2.29. The summed E-state index contributed by atoms with van der Waals surface area (Å²) < 4.78 is 0. The standard InChI is InChI=1S/C18H34N4/c1-13(2)7-9-15(5)21-17-11-19-18(20-12-17)22-16(6)10-8-14(3)4/h11-16,21H,7-10H2,1-6H3,(H,19,20,22). The molecule has 4 nitrogen and oxygen atoms in total. The van der Waals surface area contributed by atoms with E-state index in [1.54, 1.807) is 0 Å². The molecule has 22 heavy (non-hydrogen) atoms. The lowest BCUT2D eigenvalue weighted by Gasteiger charge is -2.17. The minimum absolute atomic E-state index is 0.408. The second-order valence-corrected chi connectivity index (χ2v) is 7.33. The Bertz CT molecular complexity index is 361. The first-order chi connectivity index (χ1) is 10.4. The van der Waals surface area contributed by atoms with Gasteiger partial charge in [0.25, 0.3) is 0 Å². The summed E-state index contributed by atoms with van der Waals surface area (Å²) in [5.41, 5.74) is 0.997. The molecule has 0 saturated carbocycles. The number of aromatic nitrogens is 2. The molecule has 1 heterocycles. The van der Waals surface area contributed by atoms with E-state index in [1.807, 2.05) is 12.4 Å². The van der Waals surface area contributed by atoms with E-state index in [1.165, 1.54) is 19.3 Å². The number of nitrogens with zero attached hydrogens (tertiary/aromatic N) is 2. The quantitative estimate of drug-likeness (QED) is 0.642. The van der Waals surface area contributed by atoms with Crippen LogP contribution in [-0.4, -0.2) is 22.1 Å². The van der Waals surface area contributed by atoms with Gasteiger partial charge in [0.15, 0.2) is 0 Å². The Morgan fingerprint density at radius 2 is 1.18 bits per heavy atom. The molecule has 0 fully saturated rings. The van der Waals surface area contributed by atoms with Gasteiger partial charge in [0.2, 0.25) is 5.95 Å². The van der Waals surface area contributed by atoms with E-state index < -0.39 is 0 Å². The van der Waals surface area contributed by atoms with Crippen molar-refractivity contribution in [1.29, 1.82) is 0 Å². The summed E-state index contributed by atoms with van der Waals surface area (Å²) in [7, 11) is 0. The molecule has 0 bridgehead atoms. The van der Waals surface area contributed by atoms with E-state index in [2.05, 4.69) is 62.1 Å². The molecule has 0 radical (unpaired) electrons. The Morgan fingerprint density at radius 1 is 0.727 bits per heavy atom. The Morgan fingerprint density at radius 3 is 1.64 bits per heavy atom.